The Morgan fingerprint density at radius 3 is 2.69 bits per heavy atom. The van der Waals surface area contributed by atoms with Gasteiger partial charge < -0.3 is 10.0 Å². The second-order valence-corrected chi connectivity index (χ2v) is 3.46. The molecule has 1 rings (SSSR count). The fourth-order valence-electron chi connectivity index (χ4n) is 1.16. The van der Waals surface area contributed by atoms with Gasteiger partial charge >= 0.3 is 0 Å². The fourth-order valence-corrected chi connectivity index (χ4v) is 1.16. The smallest absolute Gasteiger partial charge is 0.264 e. The van der Waals surface area contributed by atoms with Crippen molar-refractivity contribution in [2.75, 3.05) is 14.1 Å². The summed E-state index contributed by atoms with van der Waals surface area (Å²) >= 11 is 0. The van der Waals surface area contributed by atoms with Crippen LogP contribution in [0.4, 0.5) is 0 Å². The molecule has 0 heterocycles. The summed E-state index contributed by atoms with van der Waals surface area (Å²) in [7, 11) is 3.16. The van der Waals surface area contributed by atoms with Gasteiger partial charge in [0.2, 0.25) is 0 Å². The number of nitrogens with zero attached hydrogens (tertiary/aromatic N) is 2. The lowest BCUT2D eigenvalue weighted by Crippen LogP contribution is -2.22. The molecule has 1 amide bonds. The molecule has 4 nitrogen and oxygen atoms in total. The minimum absolute atomic E-state index is 0.0376. The van der Waals surface area contributed by atoms with Crippen LogP contribution in [-0.4, -0.2) is 30.0 Å². The van der Waals surface area contributed by atoms with Crippen LogP contribution in [0.15, 0.2) is 29.8 Å². The third-order valence-corrected chi connectivity index (χ3v) is 1.94. The van der Waals surface area contributed by atoms with E-state index in [0.717, 1.165) is 0 Å². The second-order valence-electron chi connectivity index (χ2n) is 3.46. The first-order valence-electron chi connectivity index (χ1n) is 4.67. The molecule has 0 saturated carbocycles. The summed E-state index contributed by atoms with van der Waals surface area (Å²) in [6.45, 7) is 0. The van der Waals surface area contributed by atoms with E-state index in [-0.39, 0.29) is 17.2 Å². The summed E-state index contributed by atoms with van der Waals surface area (Å²) in [6.07, 6.45) is 1.45. The van der Waals surface area contributed by atoms with E-state index < -0.39 is 0 Å². The van der Waals surface area contributed by atoms with E-state index in [1.54, 1.807) is 26.2 Å². The lowest BCUT2D eigenvalue weighted by atomic mass is 10.1. The van der Waals surface area contributed by atoms with Gasteiger partial charge in [-0.3, -0.25) is 4.79 Å². The second kappa shape index (κ2) is 4.99. The maximum absolute atomic E-state index is 11.5. The molecule has 0 aromatic heterocycles. The van der Waals surface area contributed by atoms with Crippen LogP contribution in [0.2, 0.25) is 0 Å². The van der Waals surface area contributed by atoms with Gasteiger partial charge in [-0.1, -0.05) is 12.1 Å². The maximum atomic E-state index is 11.5. The molecule has 0 aliphatic heterocycles. The molecular formula is C12H12N2O2. The average Bonchev–Trinajstić information content (AvgIpc) is 2.25. The number of hydrogen-bond acceptors (Lipinski definition) is 3. The third kappa shape index (κ3) is 2.85. The Morgan fingerprint density at radius 2 is 2.19 bits per heavy atom. The first-order chi connectivity index (χ1) is 7.54. The zero-order valence-electron chi connectivity index (χ0n) is 9.14. The van der Waals surface area contributed by atoms with Crippen molar-refractivity contribution in [3.05, 3.63) is 35.4 Å². The molecular weight excluding hydrogens is 204 g/mol. The molecule has 0 unspecified atom stereocenters. The van der Waals surface area contributed by atoms with E-state index in [9.17, 15) is 9.90 Å². The van der Waals surface area contributed by atoms with Gasteiger partial charge in [0.05, 0.1) is 0 Å². The number of benzene rings is 1. The largest absolute Gasteiger partial charge is 0.508 e. The normalized spacial score (nSPS) is 10.7. The van der Waals surface area contributed by atoms with Crippen molar-refractivity contribution >= 4 is 12.0 Å². The van der Waals surface area contributed by atoms with Crippen molar-refractivity contribution < 1.29 is 9.90 Å². The van der Waals surface area contributed by atoms with Crippen LogP contribution >= 0.6 is 0 Å². The van der Waals surface area contributed by atoms with Crippen molar-refractivity contribution in [2.45, 2.75) is 0 Å². The predicted octanol–water partition coefficient (Wildman–Crippen LogP) is 1.39. The van der Waals surface area contributed by atoms with Crippen molar-refractivity contribution in [1.82, 2.24) is 4.90 Å². The number of likely N-dealkylation sites (N-methyl/N-ethyl adjacent to an activating group) is 1. The van der Waals surface area contributed by atoms with E-state index in [0.29, 0.717) is 5.56 Å². The standard InChI is InChI=1S/C12H12N2O2/c1-14(2)12(16)10(8-13)6-9-4-3-5-11(15)7-9/h3-7,15H,1-2H3/b10-6-. The summed E-state index contributed by atoms with van der Waals surface area (Å²) in [5, 5.41) is 18.1. The Labute approximate surface area is 94.0 Å². The molecule has 4 heteroatoms. The summed E-state index contributed by atoms with van der Waals surface area (Å²) < 4.78 is 0. The van der Waals surface area contributed by atoms with Crippen molar-refractivity contribution in [2.24, 2.45) is 0 Å². The topological polar surface area (TPSA) is 64.3 Å². The van der Waals surface area contributed by atoms with Crippen LogP contribution in [0, 0.1) is 11.3 Å². The van der Waals surface area contributed by atoms with Crippen LogP contribution < -0.4 is 0 Å². The molecule has 1 aromatic rings. The van der Waals surface area contributed by atoms with Gasteiger partial charge in [-0.15, -0.1) is 0 Å². The predicted molar refractivity (Wildman–Crippen MR) is 60.4 cm³/mol. The van der Waals surface area contributed by atoms with Crippen LogP contribution in [0.1, 0.15) is 5.56 Å². The van der Waals surface area contributed by atoms with Gasteiger partial charge in [0, 0.05) is 14.1 Å². The van der Waals surface area contributed by atoms with Crippen LogP contribution in [-0.2, 0) is 4.79 Å². The van der Waals surface area contributed by atoms with Gasteiger partial charge in [0.15, 0.2) is 0 Å². The highest BCUT2D eigenvalue weighted by Gasteiger charge is 2.10. The van der Waals surface area contributed by atoms with E-state index in [1.807, 2.05) is 6.07 Å². The number of carbonyl (C=O) groups is 1. The van der Waals surface area contributed by atoms with Gasteiger partial charge in [0.1, 0.15) is 17.4 Å². The van der Waals surface area contributed by atoms with E-state index >= 15 is 0 Å². The first-order valence-corrected chi connectivity index (χ1v) is 4.67. The van der Waals surface area contributed by atoms with E-state index in [2.05, 4.69) is 0 Å². The van der Waals surface area contributed by atoms with Gasteiger partial charge in [-0.05, 0) is 23.8 Å². The number of carbonyl (C=O) groups excluding carboxylic acids is 1. The first kappa shape index (κ1) is 11.8. The zero-order valence-corrected chi connectivity index (χ0v) is 9.14. The Bertz CT molecular complexity index is 470. The van der Waals surface area contributed by atoms with Crippen molar-refractivity contribution in [3.63, 3.8) is 0 Å². The monoisotopic (exact) mass is 216 g/mol. The Hall–Kier alpha value is -2.28. The molecule has 0 fully saturated rings. The molecule has 0 aliphatic rings. The minimum Gasteiger partial charge on any atom is -0.508 e. The number of rotatable bonds is 2. The molecule has 0 atom stereocenters. The maximum Gasteiger partial charge on any atom is 0.264 e. The molecule has 0 aliphatic carbocycles. The fraction of sp³-hybridized carbons (Fsp3) is 0.167. The number of phenols is 1. The Kier molecular flexibility index (Phi) is 3.67. The van der Waals surface area contributed by atoms with Gasteiger partial charge in [0.25, 0.3) is 5.91 Å². The third-order valence-electron chi connectivity index (χ3n) is 1.94. The van der Waals surface area contributed by atoms with Gasteiger partial charge in [-0.25, -0.2) is 0 Å². The van der Waals surface area contributed by atoms with E-state index in [1.165, 1.54) is 23.1 Å². The Morgan fingerprint density at radius 1 is 1.50 bits per heavy atom. The number of nitriles is 1. The van der Waals surface area contributed by atoms with Crippen molar-refractivity contribution in [1.29, 1.82) is 5.26 Å². The zero-order chi connectivity index (χ0) is 12.1. The highest BCUT2D eigenvalue weighted by atomic mass is 16.3. The number of amides is 1. The van der Waals surface area contributed by atoms with Crippen molar-refractivity contribution in [3.8, 4) is 11.8 Å². The molecule has 1 aromatic carbocycles. The van der Waals surface area contributed by atoms with Crippen LogP contribution in [0.25, 0.3) is 6.08 Å². The lowest BCUT2D eigenvalue weighted by molar-refractivity contribution is -0.124. The van der Waals surface area contributed by atoms with Crippen LogP contribution in [0.5, 0.6) is 5.75 Å². The number of aromatic hydroxyl groups is 1. The highest BCUT2D eigenvalue weighted by Crippen LogP contribution is 2.14. The molecule has 82 valence electrons. The summed E-state index contributed by atoms with van der Waals surface area (Å²) in [4.78, 5) is 12.9. The molecule has 0 radical (unpaired) electrons. The van der Waals surface area contributed by atoms with Crippen LogP contribution in [0.3, 0.4) is 0 Å². The quantitative estimate of drug-likeness (QED) is 0.600. The Balaban J connectivity index is 3.07. The summed E-state index contributed by atoms with van der Waals surface area (Å²) in [5.74, 6) is -0.255. The SMILES string of the molecule is CN(C)C(=O)/C(C#N)=C\c1cccc(O)c1. The number of hydrogen-bond donors (Lipinski definition) is 1. The molecule has 16 heavy (non-hydrogen) atoms. The summed E-state index contributed by atoms with van der Waals surface area (Å²) in [5.41, 5.74) is 0.655. The molecule has 1 N–H and O–H groups in total. The van der Waals surface area contributed by atoms with E-state index in [4.69, 9.17) is 5.26 Å². The summed E-state index contributed by atoms with van der Waals surface area (Å²) in [6, 6.07) is 8.21. The molecule has 0 bridgehead atoms. The minimum atomic E-state index is -0.356. The molecule has 0 saturated heterocycles. The average molecular weight is 216 g/mol. The molecule has 0 spiro atoms. The van der Waals surface area contributed by atoms with Gasteiger partial charge in [-0.2, -0.15) is 5.26 Å². The number of phenolic OH excluding ortho intramolecular Hbond substituents is 1. The highest BCUT2D eigenvalue weighted by molar-refractivity contribution is 6.01. The lowest BCUT2D eigenvalue weighted by Gasteiger charge is -2.08.